The van der Waals surface area contributed by atoms with Crippen molar-refractivity contribution in [2.75, 3.05) is 13.1 Å². The zero-order valence-electron chi connectivity index (χ0n) is 10.9. The van der Waals surface area contributed by atoms with Crippen LogP contribution in [0.15, 0.2) is 24.3 Å². The molecule has 1 aromatic carbocycles. The number of rotatable bonds is 7. The predicted octanol–water partition coefficient (Wildman–Crippen LogP) is 2.60. The fraction of sp³-hybridized carbons (Fsp3) is 0.429. The van der Waals surface area contributed by atoms with Crippen molar-refractivity contribution in [3.05, 3.63) is 34.9 Å². The number of nitrogens with zero attached hydrogens (tertiary/aromatic N) is 1. The Balaban J connectivity index is 2.44. The summed E-state index contributed by atoms with van der Waals surface area (Å²) in [6.07, 6.45) is 1.01. The molecular weight excluding hydrogens is 266 g/mol. The lowest BCUT2D eigenvalue weighted by Crippen LogP contribution is -2.32. The lowest BCUT2D eigenvalue weighted by Gasteiger charge is -2.19. The maximum absolute atomic E-state index is 11.9. The summed E-state index contributed by atoms with van der Waals surface area (Å²) in [6.45, 7) is 2.65. The summed E-state index contributed by atoms with van der Waals surface area (Å²) >= 11 is 5.79. The van der Waals surface area contributed by atoms with E-state index in [1.165, 1.54) is 0 Å². The van der Waals surface area contributed by atoms with E-state index in [4.69, 9.17) is 16.7 Å². The molecule has 0 unspecified atom stereocenters. The zero-order chi connectivity index (χ0) is 14.3. The van der Waals surface area contributed by atoms with Gasteiger partial charge in [-0.05, 0) is 31.0 Å². The van der Waals surface area contributed by atoms with Gasteiger partial charge in [-0.1, -0.05) is 23.7 Å². The van der Waals surface area contributed by atoms with Gasteiger partial charge in [0.25, 0.3) is 0 Å². The number of amides is 1. The van der Waals surface area contributed by atoms with Crippen molar-refractivity contribution in [3.63, 3.8) is 0 Å². The number of halogens is 1. The second-order valence-electron chi connectivity index (χ2n) is 4.24. The van der Waals surface area contributed by atoms with Crippen molar-refractivity contribution in [2.45, 2.75) is 26.2 Å². The van der Waals surface area contributed by atoms with Gasteiger partial charge in [0, 0.05) is 24.5 Å². The van der Waals surface area contributed by atoms with Gasteiger partial charge in [0.15, 0.2) is 0 Å². The molecule has 1 amide bonds. The molecule has 19 heavy (non-hydrogen) atoms. The Morgan fingerprint density at radius 1 is 1.21 bits per heavy atom. The third kappa shape index (κ3) is 5.75. The van der Waals surface area contributed by atoms with E-state index in [2.05, 4.69) is 0 Å². The molecule has 0 saturated carbocycles. The van der Waals surface area contributed by atoms with Gasteiger partial charge in [-0.2, -0.15) is 0 Å². The van der Waals surface area contributed by atoms with E-state index >= 15 is 0 Å². The van der Waals surface area contributed by atoms with Gasteiger partial charge in [-0.15, -0.1) is 0 Å². The molecule has 5 heteroatoms. The summed E-state index contributed by atoms with van der Waals surface area (Å²) in [5.41, 5.74) is 1.05. The maximum atomic E-state index is 11.9. The Morgan fingerprint density at radius 3 is 2.37 bits per heavy atom. The number of hydrogen-bond acceptors (Lipinski definition) is 2. The van der Waals surface area contributed by atoms with Crippen LogP contribution < -0.4 is 0 Å². The molecule has 0 aromatic heterocycles. The third-order valence-electron chi connectivity index (χ3n) is 2.87. The lowest BCUT2D eigenvalue weighted by molar-refractivity contribution is -0.138. The minimum Gasteiger partial charge on any atom is -0.481 e. The molecule has 4 nitrogen and oxygen atoms in total. The first-order valence-electron chi connectivity index (χ1n) is 6.27. The molecule has 0 heterocycles. The van der Waals surface area contributed by atoms with Crippen LogP contribution in [-0.4, -0.2) is 35.0 Å². The molecule has 0 saturated heterocycles. The van der Waals surface area contributed by atoms with Crippen LogP contribution in [0, 0.1) is 0 Å². The highest BCUT2D eigenvalue weighted by Crippen LogP contribution is 2.11. The molecule has 0 radical (unpaired) electrons. The summed E-state index contributed by atoms with van der Waals surface area (Å²) in [5.74, 6) is -0.900. The Kier molecular flexibility index (Phi) is 6.36. The number of benzene rings is 1. The predicted molar refractivity (Wildman–Crippen MR) is 74.3 cm³/mol. The van der Waals surface area contributed by atoms with Gasteiger partial charge >= 0.3 is 5.97 Å². The number of aryl methyl sites for hydroxylation is 1. The highest BCUT2D eigenvalue weighted by Gasteiger charge is 2.12. The molecule has 0 spiro atoms. The molecule has 1 N–H and O–H groups in total. The van der Waals surface area contributed by atoms with Crippen molar-refractivity contribution in [2.24, 2.45) is 0 Å². The molecule has 104 valence electrons. The molecule has 0 aliphatic rings. The summed E-state index contributed by atoms with van der Waals surface area (Å²) in [7, 11) is 0. The van der Waals surface area contributed by atoms with Crippen molar-refractivity contribution in [1.29, 1.82) is 0 Å². The van der Waals surface area contributed by atoms with E-state index < -0.39 is 5.97 Å². The highest BCUT2D eigenvalue weighted by atomic mass is 35.5. The van der Waals surface area contributed by atoms with Crippen LogP contribution in [0.25, 0.3) is 0 Å². The Bertz CT molecular complexity index is 431. The minimum atomic E-state index is -0.885. The quantitative estimate of drug-likeness (QED) is 0.837. The summed E-state index contributed by atoms with van der Waals surface area (Å²) in [6, 6.07) is 7.37. The van der Waals surface area contributed by atoms with Crippen LogP contribution in [0.2, 0.25) is 5.02 Å². The zero-order valence-corrected chi connectivity index (χ0v) is 11.7. The van der Waals surface area contributed by atoms with Crippen LogP contribution in [0.1, 0.15) is 25.3 Å². The molecule has 0 atom stereocenters. The Morgan fingerprint density at radius 2 is 1.84 bits per heavy atom. The average Bonchev–Trinajstić information content (AvgIpc) is 2.38. The Hall–Kier alpha value is -1.55. The number of carbonyl (C=O) groups is 2. The normalized spacial score (nSPS) is 10.2. The summed E-state index contributed by atoms with van der Waals surface area (Å²) in [4.78, 5) is 24.0. The maximum Gasteiger partial charge on any atom is 0.305 e. The third-order valence-corrected chi connectivity index (χ3v) is 3.12. The monoisotopic (exact) mass is 283 g/mol. The van der Waals surface area contributed by atoms with Crippen molar-refractivity contribution in [1.82, 2.24) is 4.90 Å². The lowest BCUT2D eigenvalue weighted by atomic mass is 10.1. The largest absolute Gasteiger partial charge is 0.481 e. The SMILES string of the molecule is CCN(CCC(=O)O)C(=O)CCc1ccc(Cl)cc1. The Labute approximate surface area is 118 Å². The molecule has 1 aromatic rings. The average molecular weight is 284 g/mol. The van der Waals surface area contributed by atoms with E-state index in [1.54, 1.807) is 17.0 Å². The fourth-order valence-corrected chi connectivity index (χ4v) is 1.88. The summed E-state index contributed by atoms with van der Waals surface area (Å²) in [5, 5.41) is 9.30. The number of aliphatic carboxylic acids is 1. The van der Waals surface area contributed by atoms with Crippen molar-refractivity contribution < 1.29 is 14.7 Å². The molecular formula is C14H18ClNO3. The van der Waals surface area contributed by atoms with Crippen LogP contribution >= 0.6 is 11.6 Å². The number of hydrogen-bond donors (Lipinski definition) is 1. The molecule has 0 fully saturated rings. The summed E-state index contributed by atoms with van der Waals surface area (Å²) < 4.78 is 0. The second-order valence-corrected chi connectivity index (χ2v) is 4.68. The van der Waals surface area contributed by atoms with Crippen molar-refractivity contribution >= 4 is 23.5 Å². The first kappa shape index (κ1) is 15.5. The van der Waals surface area contributed by atoms with Gasteiger partial charge in [-0.25, -0.2) is 0 Å². The van der Waals surface area contributed by atoms with Gasteiger partial charge in [-0.3, -0.25) is 9.59 Å². The number of carboxylic acid groups (broad SMARTS) is 1. The van der Waals surface area contributed by atoms with Crippen LogP contribution in [0.4, 0.5) is 0 Å². The first-order chi connectivity index (χ1) is 9.02. The number of carbonyl (C=O) groups excluding carboxylic acids is 1. The standard InChI is InChI=1S/C14H18ClNO3/c1-2-16(10-9-14(18)19)13(17)8-5-11-3-6-12(15)7-4-11/h3-4,6-7H,2,5,8-10H2,1H3,(H,18,19). The molecule has 0 aliphatic heterocycles. The second kappa shape index (κ2) is 7.79. The van der Waals surface area contributed by atoms with Crippen LogP contribution in [0.3, 0.4) is 0 Å². The first-order valence-corrected chi connectivity index (χ1v) is 6.64. The fourth-order valence-electron chi connectivity index (χ4n) is 1.75. The molecule has 0 bridgehead atoms. The van der Waals surface area contributed by atoms with E-state index in [0.717, 1.165) is 5.56 Å². The highest BCUT2D eigenvalue weighted by molar-refractivity contribution is 6.30. The topological polar surface area (TPSA) is 57.6 Å². The van der Waals surface area contributed by atoms with Gasteiger partial charge in [0.2, 0.25) is 5.91 Å². The molecule has 1 rings (SSSR count). The van der Waals surface area contributed by atoms with E-state index in [-0.39, 0.29) is 18.9 Å². The van der Waals surface area contributed by atoms with E-state index in [9.17, 15) is 9.59 Å². The smallest absolute Gasteiger partial charge is 0.305 e. The van der Waals surface area contributed by atoms with Gasteiger partial charge < -0.3 is 10.0 Å². The molecule has 0 aliphatic carbocycles. The van der Waals surface area contributed by atoms with Crippen LogP contribution in [0.5, 0.6) is 0 Å². The van der Waals surface area contributed by atoms with Crippen molar-refractivity contribution in [3.8, 4) is 0 Å². The van der Waals surface area contributed by atoms with Gasteiger partial charge in [0.05, 0.1) is 6.42 Å². The van der Waals surface area contributed by atoms with E-state index in [0.29, 0.717) is 24.4 Å². The van der Waals surface area contributed by atoms with Gasteiger partial charge in [0.1, 0.15) is 0 Å². The number of carboxylic acids is 1. The van der Waals surface area contributed by atoms with Crippen LogP contribution in [-0.2, 0) is 16.0 Å². The minimum absolute atomic E-state index is 0.0134. The van der Waals surface area contributed by atoms with E-state index in [1.807, 2.05) is 19.1 Å².